The van der Waals surface area contributed by atoms with E-state index in [9.17, 15) is 4.79 Å². The van der Waals surface area contributed by atoms with Gasteiger partial charge in [-0.15, -0.1) is 0 Å². The molecule has 1 aromatic heterocycles. The zero-order valence-corrected chi connectivity index (χ0v) is 12.6. The number of nitrogens with one attached hydrogen (secondary N) is 1. The number of amides is 1. The van der Waals surface area contributed by atoms with Crippen molar-refractivity contribution < 1.29 is 9.21 Å². The molecule has 0 aliphatic carbocycles. The van der Waals surface area contributed by atoms with Crippen LogP contribution in [-0.4, -0.2) is 22.2 Å². The van der Waals surface area contributed by atoms with Gasteiger partial charge < -0.3 is 9.73 Å². The first kappa shape index (κ1) is 14.2. The second kappa shape index (κ2) is 5.43. The first-order valence-electron chi connectivity index (χ1n) is 5.83. The van der Waals surface area contributed by atoms with Crippen LogP contribution in [0.15, 0.2) is 27.8 Å². The van der Waals surface area contributed by atoms with E-state index in [0.717, 1.165) is 0 Å². The first-order chi connectivity index (χ1) is 8.83. The van der Waals surface area contributed by atoms with Crippen LogP contribution in [0.4, 0.5) is 0 Å². The fraction of sp³-hybridized carbons (Fsp3) is 0.385. The first-order valence-corrected chi connectivity index (χ1v) is 7.20. The minimum absolute atomic E-state index is 0.0437. The molecular weight excluding hydrogens is 284 g/mol. The minimum Gasteiger partial charge on any atom is -0.431 e. The molecule has 2 aromatic rings. The highest BCUT2D eigenvalue weighted by atomic mass is 35.5. The van der Waals surface area contributed by atoms with E-state index in [1.54, 1.807) is 18.2 Å². The Morgan fingerprint density at radius 1 is 1.47 bits per heavy atom. The third-order valence-electron chi connectivity index (χ3n) is 2.17. The second-order valence-corrected chi connectivity index (χ2v) is 6.54. The summed E-state index contributed by atoms with van der Waals surface area (Å²) in [6.45, 7) is 5.82. The van der Waals surface area contributed by atoms with E-state index in [4.69, 9.17) is 16.0 Å². The monoisotopic (exact) mass is 298 g/mol. The number of carbonyl (C=O) groups is 1. The molecule has 0 unspecified atom stereocenters. The summed E-state index contributed by atoms with van der Waals surface area (Å²) in [6, 6.07) is 5.25. The van der Waals surface area contributed by atoms with Gasteiger partial charge in [-0.1, -0.05) is 23.4 Å². The number of halogens is 1. The Balaban J connectivity index is 2.00. The maximum atomic E-state index is 11.7. The van der Waals surface area contributed by atoms with Crippen molar-refractivity contribution >= 4 is 40.4 Å². The molecule has 0 fully saturated rings. The molecule has 0 atom stereocenters. The number of benzene rings is 1. The molecule has 6 heteroatoms. The minimum atomic E-state index is -0.230. The van der Waals surface area contributed by atoms with Crippen LogP contribution in [0.3, 0.4) is 0 Å². The van der Waals surface area contributed by atoms with Crippen molar-refractivity contribution in [2.24, 2.45) is 0 Å². The summed E-state index contributed by atoms with van der Waals surface area (Å²) in [6.07, 6.45) is 0. The summed E-state index contributed by atoms with van der Waals surface area (Å²) in [5.74, 6) is 0.232. The Bertz CT molecular complexity index is 604. The molecule has 1 N–H and O–H groups in total. The summed E-state index contributed by atoms with van der Waals surface area (Å²) in [5, 5.41) is 3.97. The third kappa shape index (κ3) is 4.14. The van der Waals surface area contributed by atoms with Gasteiger partial charge in [-0.05, 0) is 39.0 Å². The molecule has 4 nitrogen and oxygen atoms in total. The summed E-state index contributed by atoms with van der Waals surface area (Å²) in [4.78, 5) is 16.0. The average molecular weight is 299 g/mol. The van der Waals surface area contributed by atoms with Gasteiger partial charge in [0.25, 0.3) is 5.22 Å². The summed E-state index contributed by atoms with van der Waals surface area (Å²) in [5.41, 5.74) is 1.14. The Labute approximate surface area is 120 Å². The zero-order chi connectivity index (χ0) is 14.0. The Morgan fingerprint density at radius 3 is 2.89 bits per heavy atom. The van der Waals surface area contributed by atoms with Gasteiger partial charge in [0.2, 0.25) is 5.91 Å². The van der Waals surface area contributed by atoms with Gasteiger partial charge >= 0.3 is 0 Å². The Morgan fingerprint density at radius 2 is 2.21 bits per heavy atom. The van der Waals surface area contributed by atoms with Crippen LogP contribution < -0.4 is 5.32 Å². The van der Waals surface area contributed by atoms with Crippen molar-refractivity contribution in [2.75, 3.05) is 5.75 Å². The van der Waals surface area contributed by atoms with Crippen LogP contribution in [0.25, 0.3) is 11.1 Å². The molecule has 0 aliphatic rings. The molecule has 1 aromatic carbocycles. The number of carbonyl (C=O) groups excluding carboxylic acids is 1. The highest BCUT2D eigenvalue weighted by molar-refractivity contribution is 7.99. The molecule has 0 bridgehead atoms. The number of fused-ring (bicyclic) bond motifs is 1. The number of hydrogen-bond donors (Lipinski definition) is 1. The van der Waals surface area contributed by atoms with Crippen molar-refractivity contribution in [2.45, 2.75) is 31.5 Å². The Kier molecular flexibility index (Phi) is 4.06. The molecule has 102 valence electrons. The van der Waals surface area contributed by atoms with E-state index >= 15 is 0 Å². The lowest BCUT2D eigenvalue weighted by molar-refractivity contribution is -0.119. The fourth-order valence-corrected chi connectivity index (χ4v) is 2.33. The van der Waals surface area contributed by atoms with Crippen molar-refractivity contribution in [3.8, 4) is 0 Å². The number of nitrogens with zero attached hydrogens (tertiary/aromatic N) is 1. The maximum absolute atomic E-state index is 11.7. The lowest BCUT2D eigenvalue weighted by Gasteiger charge is -2.19. The van der Waals surface area contributed by atoms with Crippen LogP contribution in [0.5, 0.6) is 0 Å². The van der Waals surface area contributed by atoms with Crippen LogP contribution in [0, 0.1) is 0 Å². The second-order valence-electron chi connectivity index (χ2n) is 5.18. The van der Waals surface area contributed by atoms with Crippen molar-refractivity contribution in [3.05, 3.63) is 23.2 Å². The quantitative estimate of drug-likeness (QED) is 0.881. The SMILES string of the molecule is CC(C)(C)NC(=O)CSc1nc2cc(Cl)ccc2o1. The van der Waals surface area contributed by atoms with Crippen LogP contribution >= 0.6 is 23.4 Å². The predicted molar refractivity (Wildman–Crippen MR) is 77.6 cm³/mol. The fourth-order valence-electron chi connectivity index (χ4n) is 1.52. The van der Waals surface area contributed by atoms with E-state index in [0.29, 0.717) is 21.3 Å². The van der Waals surface area contributed by atoms with E-state index in [2.05, 4.69) is 10.3 Å². The number of aromatic nitrogens is 1. The normalized spacial score (nSPS) is 11.8. The van der Waals surface area contributed by atoms with Gasteiger partial charge in [0.15, 0.2) is 5.58 Å². The lowest BCUT2D eigenvalue weighted by Crippen LogP contribution is -2.41. The molecule has 1 heterocycles. The summed E-state index contributed by atoms with van der Waals surface area (Å²) in [7, 11) is 0. The number of hydrogen-bond acceptors (Lipinski definition) is 4. The molecule has 19 heavy (non-hydrogen) atoms. The molecule has 1 amide bonds. The average Bonchev–Trinajstić information content (AvgIpc) is 2.66. The van der Waals surface area contributed by atoms with Gasteiger partial charge in [0.05, 0.1) is 5.75 Å². The van der Waals surface area contributed by atoms with Gasteiger partial charge in [0, 0.05) is 10.6 Å². The van der Waals surface area contributed by atoms with Crippen molar-refractivity contribution in [1.82, 2.24) is 10.3 Å². The van der Waals surface area contributed by atoms with Crippen LogP contribution in [-0.2, 0) is 4.79 Å². The highest BCUT2D eigenvalue weighted by Crippen LogP contribution is 2.25. The van der Waals surface area contributed by atoms with Crippen LogP contribution in [0.1, 0.15) is 20.8 Å². The van der Waals surface area contributed by atoms with E-state index < -0.39 is 0 Å². The lowest BCUT2D eigenvalue weighted by atomic mass is 10.1. The van der Waals surface area contributed by atoms with Gasteiger partial charge in [-0.3, -0.25) is 4.79 Å². The van der Waals surface area contributed by atoms with E-state index in [1.165, 1.54) is 11.8 Å². The Hall–Kier alpha value is -1.20. The molecule has 2 rings (SSSR count). The van der Waals surface area contributed by atoms with Crippen molar-refractivity contribution in [3.63, 3.8) is 0 Å². The number of oxazole rings is 1. The molecular formula is C13H15ClN2O2S. The zero-order valence-electron chi connectivity index (χ0n) is 11.0. The van der Waals surface area contributed by atoms with Gasteiger partial charge in [-0.25, -0.2) is 4.98 Å². The molecule has 0 radical (unpaired) electrons. The molecule has 0 aliphatic heterocycles. The predicted octanol–water partition coefficient (Wildman–Crippen LogP) is 3.49. The van der Waals surface area contributed by atoms with Crippen LogP contribution in [0.2, 0.25) is 5.02 Å². The van der Waals surface area contributed by atoms with Gasteiger partial charge in [-0.2, -0.15) is 0 Å². The van der Waals surface area contributed by atoms with E-state index in [1.807, 2.05) is 20.8 Å². The topological polar surface area (TPSA) is 55.1 Å². The maximum Gasteiger partial charge on any atom is 0.257 e. The molecule has 0 saturated carbocycles. The molecule has 0 saturated heterocycles. The smallest absolute Gasteiger partial charge is 0.257 e. The summed E-state index contributed by atoms with van der Waals surface area (Å²) >= 11 is 7.14. The standard InChI is InChI=1S/C13H15ClN2O2S/c1-13(2,3)16-11(17)7-19-12-15-9-6-8(14)4-5-10(9)18-12/h4-6H,7H2,1-3H3,(H,16,17). The third-order valence-corrected chi connectivity index (χ3v) is 3.23. The van der Waals surface area contributed by atoms with Gasteiger partial charge in [0.1, 0.15) is 5.52 Å². The molecule has 0 spiro atoms. The number of rotatable bonds is 3. The summed E-state index contributed by atoms with van der Waals surface area (Å²) < 4.78 is 5.52. The number of thioether (sulfide) groups is 1. The van der Waals surface area contributed by atoms with Crippen molar-refractivity contribution in [1.29, 1.82) is 0 Å². The van der Waals surface area contributed by atoms with E-state index in [-0.39, 0.29) is 17.2 Å². The highest BCUT2D eigenvalue weighted by Gasteiger charge is 2.15. The largest absolute Gasteiger partial charge is 0.431 e.